The third-order valence-corrected chi connectivity index (χ3v) is 2.30. The molecule has 1 unspecified atom stereocenters. The van der Waals surface area contributed by atoms with E-state index in [9.17, 15) is 9.59 Å². The standard InChI is InChI=1S/C11H18N2O3/c1-4-5-13(7-10(14)15)11(16)9(6-12)8(2)3/h1,8-9H,5-7,12H2,2-3H3,(H,14,15). The summed E-state index contributed by atoms with van der Waals surface area (Å²) in [5, 5.41) is 8.66. The lowest BCUT2D eigenvalue weighted by atomic mass is 9.94. The molecule has 0 radical (unpaired) electrons. The molecule has 0 aliphatic carbocycles. The number of terminal acetylenes is 1. The van der Waals surface area contributed by atoms with Gasteiger partial charge in [0.05, 0.1) is 12.5 Å². The first-order valence-corrected chi connectivity index (χ1v) is 5.08. The van der Waals surface area contributed by atoms with Crippen LogP contribution in [-0.2, 0) is 9.59 Å². The Bertz CT molecular complexity index is 294. The first-order chi connectivity index (χ1) is 7.43. The summed E-state index contributed by atoms with van der Waals surface area (Å²) in [5.41, 5.74) is 5.49. The summed E-state index contributed by atoms with van der Waals surface area (Å²) >= 11 is 0. The number of carbonyl (C=O) groups is 2. The van der Waals surface area contributed by atoms with Gasteiger partial charge in [-0.2, -0.15) is 0 Å². The van der Waals surface area contributed by atoms with Crippen molar-refractivity contribution in [3.8, 4) is 12.3 Å². The average molecular weight is 226 g/mol. The first-order valence-electron chi connectivity index (χ1n) is 5.08. The summed E-state index contributed by atoms with van der Waals surface area (Å²) in [6, 6.07) is 0. The molecule has 5 nitrogen and oxygen atoms in total. The minimum absolute atomic E-state index is 0.00560. The molecule has 90 valence electrons. The highest BCUT2D eigenvalue weighted by Crippen LogP contribution is 2.12. The molecule has 0 rings (SSSR count). The van der Waals surface area contributed by atoms with E-state index in [2.05, 4.69) is 5.92 Å². The fourth-order valence-electron chi connectivity index (χ4n) is 1.38. The molecule has 0 saturated carbocycles. The van der Waals surface area contributed by atoms with Crippen molar-refractivity contribution in [1.82, 2.24) is 4.90 Å². The number of carbonyl (C=O) groups excluding carboxylic acids is 1. The summed E-state index contributed by atoms with van der Waals surface area (Å²) in [5.74, 6) is 0.579. The second-order valence-corrected chi connectivity index (χ2v) is 3.88. The van der Waals surface area contributed by atoms with Gasteiger partial charge in [0, 0.05) is 6.54 Å². The molecule has 0 aliphatic rings. The maximum atomic E-state index is 11.9. The summed E-state index contributed by atoms with van der Waals surface area (Å²) in [4.78, 5) is 23.6. The van der Waals surface area contributed by atoms with E-state index in [1.807, 2.05) is 13.8 Å². The maximum absolute atomic E-state index is 11.9. The first kappa shape index (κ1) is 14.5. The Morgan fingerprint density at radius 3 is 2.38 bits per heavy atom. The number of aliphatic carboxylic acids is 1. The van der Waals surface area contributed by atoms with Gasteiger partial charge in [-0.05, 0) is 5.92 Å². The molecule has 5 heteroatoms. The minimum atomic E-state index is -1.08. The largest absolute Gasteiger partial charge is 0.480 e. The van der Waals surface area contributed by atoms with E-state index in [4.69, 9.17) is 17.3 Å². The van der Waals surface area contributed by atoms with Crippen molar-refractivity contribution >= 4 is 11.9 Å². The zero-order valence-electron chi connectivity index (χ0n) is 9.64. The second-order valence-electron chi connectivity index (χ2n) is 3.88. The van der Waals surface area contributed by atoms with Gasteiger partial charge in [0.1, 0.15) is 6.54 Å². The summed E-state index contributed by atoms with van der Waals surface area (Å²) in [7, 11) is 0. The molecule has 16 heavy (non-hydrogen) atoms. The Labute approximate surface area is 95.6 Å². The van der Waals surface area contributed by atoms with E-state index in [1.54, 1.807) is 0 Å². The summed E-state index contributed by atoms with van der Waals surface area (Å²) in [6.07, 6.45) is 5.09. The van der Waals surface area contributed by atoms with Crippen molar-refractivity contribution in [1.29, 1.82) is 0 Å². The molecule has 0 aromatic carbocycles. The van der Waals surface area contributed by atoms with E-state index in [-0.39, 0.29) is 37.4 Å². The Morgan fingerprint density at radius 1 is 1.50 bits per heavy atom. The van der Waals surface area contributed by atoms with Crippen LogP contribution in [0.3, 0.4) is 0 Å². The van der Waals surface area contributed by atoms with Gasteiger partial charge in [0.15, 0.2) is 0 Å². The van der Waals surface area contributed by atoms with E-state index >= 15 is 0 Å². The van der Waals surface area contributed by atoms with Crippen molar-refractivity contribution in [2.75, 3.05) is 19.6 Å². The molecule has 1 amide bonds. The van der Waals surface area contributed by atoms with Crippen LogP contribution in [-0.4, -0.2) is 41.5 Å². The van der Waals surface area contributed by atoms with Crippen molar-refractivity contribution in [2.24, 2.45) is 17.6 Å². The van der Waals surface area contributed by atoms with Crippen LogP contribution in [0.2, 0.25) is 0 Å². The fourth-order valence-corrected chi connectivity index (χ4v) is 1.38. The fraction of sp³-hybridized carbons (Fsp3) is 0.636. The highest BCUT2D eigenvalue weighted by atomic mass is 16.4. The van der Waals surface area contributed by atoms with Gasteiger partial charge in [0.25, 0.3) is 0 Å². The van der Waals surface area contributed by atoms with Crippen LogP contribution in [0.25, 0.3) is 0 Å². The van der Waals surface area contributed by atoms with Gasteiger partial charge in [0.2, 0.25) is 5.91 Å². The number of amides is 1. The second kappa shape index (κ2) is 6.85. The molecule has 0 heterocycles. The lowest BCUT2D eigenvalue weighted by Gasteiger charge is -2.25. The van der Waals surface area contributed by atoms with E-state index < -0.39 is 5.97 Å². The number of nitrogens with zero attached hydrogens (tertiary/aromatic N) is 1. The van der Waals surface area contributed by atoms with Crippen LogP contribution >= 0.6 is 0 Å². The van der Waals surface area contributed by atoms with Gasteiger partial charge >= 0.3 is 5.97 Å². The molecule has 1 atom stereocenters. The third kappa shape index (κ3) is 4.32. The van der Waals surface area contributed by atoms with E-state index in [1.165, 1.54) is 0 Å². The van der Waals surface area contributed by atoms with Crippen LogP contribution in [0.4, 0.5) is 0 Å². The molecular weight excluding hydrogens is 208 g/mol. The zero-order valence-corrected chi connectivity index (χ0v) is 9.64. The van der Waals surface area contributed by atoms with Crippen LogP contribution in [0.15, 0.2) is 0 Å². The molecule has 0 bridgehead atoms. The van der Waals surface area contributed by atoms with E-state index in [0.717, 1.165) is 4.90 Å². The Balaban J connectivity index is 4.71. The van der Waals surface area contributed by atoms with Crippen molar-refractivity contribution in [3.63, 3.8) is 0 Å². The van der Waals surface area contributed by atoms with Crippen molar-refractivity contribution in [3.05, 3.63) is 0 Å². The quantitative estimate of drug-likeness (QED) is 0.612. The predicted octanol–water partition coefficient (Wildman–Crippen LogP) is -0.236. The third-order valence-electron chi connectivity index (χ3n) is 2.30. The Hall–Kier alpha value is -1.54. The number of hydrogen-bond donors (Lipinski definition) is 2. The molecule has 0 aromatic heterocycles. The van der Waals surface area contributed by atoms with Crippen LogP contribution in [0.5, 0.6) is 0 Å². The Kier molecular flexibility index (Phi) is 6.19. The SMILES string of the molecule is C#CCN(CC(=O)O)C(=O)C(CN)C(C)C. The number of carboxylic acid groups (broad SMARTS) is 1. The predicted molar refractivity (Wildman–Crippen MR) is 60.4 cm³/mol. The average Bonchev–Trinajstić information content (AvgIpc) is 2.16. The molecule has 0 saturated heterocycles. The molecule has 3 N–H and O–H groups in total. The topological polar surface area (TPSA) is 83.6 Å². The maximum Gasteiger partial charge on any atom is 0.323 e. The number of nitrogens with two attached hydrogens (primary N) is 1. The molecular formula is C11H18N2O3. The van der Waals surface area contributed by atoms with Gasteiger partial charge < -0.3 is 15.7 Å². The van der Waals surface area contributed by atoms with Crippen LogP contribution in [0, 0.1) is 24.2 Å². The van der Waals surface area contributed by atoms with Gasteiger partial charge in [-0.3, -0.25) is 9.59 Å². The Morgan fingerprint density at radius 2 is 2.06 bits per heavy atom. The zero-order chi connectivity index (χ0) is 12.7. The van der Waals surface area contributed by atoms with E-state index in [0.29, 0.717) is 0 Å². The van der Waals surface area contributed by atoms with Crippen LogP contribution < -0.4 is 5.73 Å². The van der Waals surface area contributed by atoms with Gasteiger partial charge in [-0.15, -0.1) is 6.42 Å². The number of hydrogen-bond acceptors (Lipinski definition) is 3. The molecule has 0 aromatic rings. The van der Waals surface area contributed by atoms with Crippen molar-refractivity contribution < 1.29 is 14.7 Å². The minimum Gasteiger partial charge on any atom is -0.480 e. The smallest absolute Gasteiger partial charge is 0.323 e. The number of carboxylic acids is 1. The molecule has 0 fully saturated rings. The summed E-state index contributed by atoms with van der Waals surface area (Å²) in [6.45, 7) is 3.53. The summed E-state index contributed by atoms with van der Waals surface area (Å²) < 4.78 is 0. The highest BCUT2D eigenvalue weighted by Gasteiger charge is 2.26. The van der Waals surface area contributed by atoms with Gasteiger partial charge in [-0.25, -0.2) is 0 Å². The lowest BCUT2D eigenvalue weighted by molar-refractivity contribution is -0.146. The highest BCUT2D eigenvalue weighted by molar-refractivity contribution is 5.83. The lowest BCUT2D eigenvalue weighted by Crippen LogP contribution is -2.43. The number of rotatable bonds is 6. The molecule has 0 aliphatic heterocycles. The monoisotopic (exact) mass is 226 g/mol. The van der Waals surface area contributed by atoms with Crippen LogP contribution in [0.1, 0.15) is 13.8 Å². The van der Waals surface area contributed by atoms with Gasteiger partial charge in [-0.1, -0.05) is 19.8 Å². The normalized spacial score (nSPS) is 11.9. The van der Waals surface area contributed by atoms with Crippen molar-refractivity contribution in [2.45, 2.75) is 13.8 Å². The molecule has 0 spiro atoms.